The smallest absolute Gasteiger partial charge is 0.407 e. The molecular weight excluding hydrogens is 254 g/mol. The molecule has 104 valence electrons. The van der Waals surface area contributed by atoms with Gasteiger partial charge >= 0.3 is 6.09 Å². The number of aromatic hydroxyl groups is 1. The van der Waals surface area contributed by atoms with Gasteiger partial charge in [-0.25, -0.2) is 4.79 Å². The normalized spacial score (nSPS) is 11.7. The fraction of sp³-hybridized carbons (Fsp3) is 0.188. The number of hydrogen-bond acceptors (Lipinski definition) is 3. The molecule has 0 unspecified atom stereocenters. The van der Waals surface area contributed by atoms with Crippen LogP contribution in [0, 0.1) is 6.92 Å². The van der Waals surface area contributed by atoms with Crippen LogP contribution in [0.1, 0.15) is 22.7 Å². The molecule has 1 amide bonds. The minimum absolute atomic E-state index is 0.189. The summed E-state index contributed by atoms with van der Waals surface area (Å²) in [5, 5.41) is 12.2. The number of ether oxygens (including phenoxy) is 1. The molecule has 2 rings (SSSR count). The second-order valence-electron chi connectivity index (χ2n) is 4.57. The van der Waals surface area contributed by atoms with Gasteiger partial charge in [0.1, 0.15) is 5.75 Å². The van der Waals surface area contributed by atoms with Crippen LogP contribution in [-0.4, -0.2) is 18.3 Å². The van der Waals surface area contributed by atoms with E-state index in [1.807, 2.05) is 31.2 Å². The first-order valence-corrected chi connectivity index (χ1v) is 6.30. The lowest BCUT2D eigenvalue weighted by atomic mass is 9.98. The molecule has 0 heterocycles. The Morgan fingerprint density at radius 1 is 1.05 bits per heavy atom. The van der Waals surface area contributed by atoms with Crippen molar-refractivity contribution < 1.29 is 14.6 Å². The molecule has 20 heavy (non-hydrogen) atoms. The second-order valence-corrected chi connectivity index (χ2v) is 4.57. The molecule has 1 atom stereocenters. The van der Waals surface area contributed by atoms with Gasteiger partial charge in [0.2, 0.25) is 0 Å². The molecule has 0 aliphatic carbocycles. The SMILES string of the molecule is COC(=O)N[C@H](c1ccc(C)cc1)c1ccc(O)cc1. The number of hydrogen-bond donors (Lipinski definition) is 2. The first-order chi connectivity index (χ1) is 9.60. The third kappa shape index (κ3) is 3.29. The monoisotopic (exact) mass is 271 g/mol. The number of carbonyl (C=O) groups is 1. The molecular formula is C16H17NO3. The van der Waals surface area contributed by atoms with Gasteiger partial charge in [-0.1, -0.05) is 42.0 Å². The predicted molar refractivity (Wildman–Crippen MR) is 76.7 cm³/mol. The summed E-state index contributed by atoms with van der Waals surface area (Å²) in [5.41, 5.74) is 2.97. The Morgan fingerprint density at radius 3 is 2.05 bits per heavy atom. The second kappa shape index (κ2) is 6.10. The van der Waals surface area contributed by atoms with E-state index in [4.69, 9.17) is 0 Å². The summed E-state index contributed by atoms with van der Waals surface area (Å²) in [5.74, 6) is 0.189. The molecule has 0 radical (unpaired) electrons. The number of methoxy groups -OCH3 is 1. The Kier molecular flexibility index (Phi) is 4.25. The fourth-order valence-electron chi connectivity index (χ4n) is 1.96. The Balaban J connectivity index is 2.35. The maximum absolute atomic E-state index is 11.5. The van der Waals surface area contributed by atoms with E-state index in [2.05, 4.69) is 10.1 Å². The molecule has 2 N–H and O–H groups in total. The van der Waals surface area contributed by atoms with Gasteiger partial charge < -0.3 is 15.2 Å². The molecule has 4 nitrogen and oxygen atoms in total. The highest BCUT2D eigenvalue weighted by molar-refractivity contribution is 5.68. The summed E-state index contributed by atoms with van der Waals surface area (Å²) in [6, 6.07) is 14.3. The van der Waals surface area contributed by atoms with E-state index in [-0.39, 0.29) is 11.8 Å². The zero-order valence-electron chi connectivity index (χ0n) is 11.5. The Hall–Kier alpha value is -2.49. The summed E-state index contributed by atoms with van der Waals surface area (Å²) < 4.78 is 4.67. The maximum Gasteiger partial charge on any atom is 0.407 e. The summed E-state index contributed by atoms with van der Waals surface area (Å²) >= 11 is 0. The average molecular weight is 271 g/mol. The number of carbonyl (C=O) groups excluding carboxylic acids is 1. The van der Waals surface area contributed by atoms with Gasteiger partial charge in [0.05, 0.1) is 13.2 Å². The van der Waals surface area contributed by atoms with Crippen LogP contribution in [-0.2, 0) is 4.74 Å². The van der Waals surface area contributed by atoms with Crippen molar-refractivity contribution in [3.63, 3.8) is 0 Å². The van der Waals surface area contributed by atoms with E-state index < -0.39 is 6.09 Å². The largest absolute Gasteiger partial charge is 0.508 e. The number of aryl methyl sites for hydroxylation is 1. The number of amides is 1. The summed E-state index contributed by atoms with van der Waals surface area (Å²) in [4.78, 5) is 11.5. The van der Waals surface area contributed by atoms with Crippen molar-refractivity contribution in [3.8, 4) is 5.75 Å². The van der Waals surface area contributed by atoms with Crippen LogP contribution in [0.5, 0.6) is 5.75 Å². The van der Waals surface area contributed by atoms with Gasteiger partial charge in [-0.05, 0) is 30.2 Å². The molecule has 2 aromatic rings. The third-order valence-electron chi connectivity index (χ3n) is 3.08. The molecule has 0 fully saturated rings. The van der Waals surface area contributed by atoms with Gasteiger partial charge in [0, 0.05) is 0 Å². The van der Waals surface area contributed by atoms with Crippen molar-refractivity contribution in [2.45, 2.75) is 13.0 Å². The topological polar surface area (TPSA) is 58.6 Å². The minimum Gasteiger partial charge on any atom is -0.508 e. The summed E-state index contributed by atoms with van der Waals surface area (Å²) in [7, 11) is 1.33. The van der Waals surface area contributed by atoms with E-state index in [0.29, 0.717) is 0 Å². The average Bonchev–Trinajstić information content (AvgIpc) is 2.46. The van der Waals surface area contributed by atoms with Crippen LogP contribution in [0.25, 0.3) is 0 Å². The standard InChI is InChI=1S/C16H17NO3/c1-11-3-5-12(6-4-11)15(17-16(19)20-2)13-7-9-14(18)10-8-13/h3-10,15,18H,1-2H3,(H,17,19)/t15-/m1/s1. The summed E-state index contributed by atoms with van der Waals surface area (Å²) in [6.45, 7) is 2.01. The number of nitrogens with one attached hydrogen (secondary N) is 1. The fourth-order valence-corrected chi connectivity index (χ4v) is 1.96. The lowest BCUT2D eigenvalue weighted by molar-refractivity contribution is 0.168. The van der Waals surface area contributed by atoms with E-state index in [9.17, 15) is 9.90 Å². The predicted octanol–water partition coefficient (Wildman–Crippen LogP) is 3.15. The van der Waals surface area contributed by atoms with Crippen molar-refractivity contribution in [1.82, 2.24) is 5.32 Å². The van der Waals surface area contributed by atoms with Crippen LogP contribution >= 0.6 is 0 Å². The van der Waals surface area contributed by atoms with Gasteiger partial charge in [-0.15, -0.1) is 0 Å². The van der Waals surface area contributed by atoms with Crippen LogP contribution < -0.4 is 5.32 Å². The zero-order chi connectivity index (χ0) is 14.5. The summed E-state index contributed by atoms with van der Waals surface area (Å²) in [6.07, 6.45) is -0.497. The number of phenols is 1. The molecule has 0 bridgehead atoms. The van der Waals surface area contributed by atoms with E-state index in [0.717, 1.165) is 16.7 Å². The lowest BCUT2D eigenvalue weighted by Gasteiger charge is -2.19. The zero-order valence-corrected chi connectivity index (χ0v) is 11.5. The first-order valence-electron chi connectivity index (χ1n) is 6.30. The molecule has 0 aliphatic heterocycles. The highest BCUT2D eigenvalue weighted by Crippen LogP contribution is 2.24. The van der Waals surface area contributed by atoms with Gasteiger partial charge in [0.25, 0.3) is 0 Å². The molecule has 0 saturated carbocycles. The number of phenolic OH excluding ortho intramolecular Hbond substituents is 1. The molecule has 0 aromatic heterocycles. The van der Waals surface area contributed by atoms with Crippen molar-refractivity contribution in [3.05, 3.63) is 65.2 Å². The first kappa shape index (κ1) is 13.9. The van der Waals surface area contributed by atoms with Crippen LogP contribution in [0.4, 0.5) is 4.79 Å². The van der Waals surface area contributed by atoms with Crippen LogP contribution in [0.15, 0.2) is 48.5 Å². The third-order valence-corrected chi connectivity index (χ3v) is 3.08. The van der Waals surface area contributed by atoms with Crippen molar-refractivity contribution >= 4 is 6.09 Å². The van der Waals surface area contributed by atoms with E-state index >= 15 is 0 Å². The molecule has 4 heteroatoms. The van der Waals surface area contributed by atoms with Crippen molar-refractivity contribution in [2.75, 3.05) is 7.11 Å². The number of alkyl carbamates (subject to hydrolysis) is 1. The highest BCUT2D eigenvalue weighted by Gasteiger charge is 2.17. The molecule has 0 spiro atoms. The molecule has 0 saturated heterocycles. The van der Waals surface area contributed by atoms with Crippen molar-refractivity contribution in [1.29, 1.82) is 0 Å². The quantitative estimate of drug-likeness (QED) is 0.901. The van der Waals surface area contributed by atoms with Crippen LogP contribution in [0.3, 0.4) is 0 Å². The van der Waals surface area contributed by atoms with E-state index in [1.165, 1.54) is 7.11 Å². The number of rotatable bonds is 3. The van der Waals surface area contributed by atoms with E-state index in [1.54, 1.807) is 24.3 Å². The number of benzene rings is 2. The Bertz CT molecular complexity index is 530. The highest BCUT2D eigenvalue weighted by atomic mass is 16.5. The molecule has 0 aliphatic rings. The Morgan fingerprint density at radius 2 is 1.55 bits per heavy atom. The maximum atomic E-state index is 11.5. The van der Waals surface area contributed by atoms with Crippen molar-refractivity contribution in [2.24, 2.45) is 0 Å². The molecule has 2 aromatic carbocycles. The lowest BCUT2D eigenvalue weighted by Crippen LogP contribution is -2.29. The van der Waals surface area contributed by atoms with Crippen LogP contribution in [0.2, 0.25) is 0 Å². The van der Waals surface area contributed by atoms with Gasteiger partial charge in [-0.2, -0.15) is 0 Å². The van der Waals surface area contributed by atoms with Gasteiger partial charge in [-0.3, -0.25) is 0 Å². The minimum atomic E-state index is -0.497. The van der Waals surface area contributed by atoms with Gasteiger partial charge in [0.15, 0.2) is 0 Å². The Labute approximate surface area is 118 Å².